The van der Waals surface area contributed by atoms with Gasteiger partial charge in [0.05, 0.1) is 12.6 Å². The van der Waals surface area contributed by atoms with Gasteiger partial charge in [0, 0.05) is 41.9 Å². The Hall–Kier alpha value is -2.55. The summed E-state index contributed by atoms with van der Waals surface area (Å²) in [6, 6.07) is 15.5. The zero-order valence-corrected chi connectivity index (χ0v) is 19.3. The molecule has 2 heterocycles. The van der Waals surface area contributed by atoms with Gasteiger partial charge in [-0.3, -0.25) is 14.6 Å². The molecule has 0 saturated carbocycles. The fraction of sp³-hybridized carbons (Fsp3) is 0.348. The minimum absolute atomic E-state index is 0.00964. The molecule has 1 aliphatic heterocycles. The third-order valence-electron chi connectivity index (χ3n) is 5.58. The highest BCUT2D eigenvalue weighted by molar-refractivity contribution is 9.10. The van der Waals surface area contributed by atoms with Crippen LogP contribution in [0.15, 0.2) is 57.5 Å². The van der Waals surface area contributed by atoms with Crippen molar-refractivity contribution in [3.05, 3.63) is 64.5 Å². The van der Waals surface area contributed by atoms with E-state index in [9.17, 15) is 4.79 Å². The molecule has 3 aromatic rings. The van der Waals surface area contributed by atoms with Gasteiger partial charge in [0.25, 0.3) is 0 Å². The molecule has 1 aliphatic rings. The summed E-state index contributed by atoms with van der Waals surface area (Å²) in [5.41, 5.74) is 2.96. The number of nitrogens with one attached hydrogen (secondary N) is 1. The van der Waals surface area contributed by atoms with Crippen molar-refractivity contribution in [1.82, 2.24) is 19.9 Å². The van der Waals surface area contributed by atoms with Crippen molar-refractivity contribution < 1.29 is 9.32 Å². The molecule has 162 valence electrons. The monoisotopic (exact) mass is 483 g/mol. The molecule has 4 rings (SSSR count). The normalized spacial score (nSPS) is 16.2. The van der Waals surface area contributed by atoms with Crippen LogP contribution in [0.2, 0.25) is 0 Å². The van der Waals surface area contributed by atoms with E-state index in [4.69, 9.17) is 4.52 Å². The highest BCUT2D eigenvalue weighted by Gasteiger charge is 2.26. The SMILES string of the molecule is Cc1ccc(-c2noc(CN3CCN(C(C)C(=O)Nc4ccc(Br)cc4)CC3)n2)cc1. The third kappa shape index (κ3) is 5.58. The van der Waals surface area contributed by atoms with Gasteiger partial charge >= 0.3 is 0 Å². The number of carbonyl (C=O) groups is 1. The van der Waals surface area contributed by atoms with Gasteiger partial charge < -0.3 is 9.84 Å². The van der Waals surface area contributed by atoms with E-state index in [0.29, 0.717) is 18.3 Å². The standard InChI is InChI=1S/C23H26BrN5O2/c1-16-3-5-18(6-4-16)22-26-21(31-27-22)15-28-11-13-29(14-12-28)17(2)23(30)25-20-9-7-19(24)8-10-20/h3-10,17H,11-15H2,1-2H3,(H,25,30). The number of hydrogen-bond acceptors (Lipinski definition) is 6. The lowest BCUT2D eigenvalue weighted by molar-refractivity contribution is -0.121. The second kappa shape index (κ2) is 9.72. The number of hydrogen-bond donors (Lipinski definition) is 1. The van der Waals surface area contributed by atoms with Gasteiger partial charge in [-0.25, -0.2) is 0 Å². The molecule has 1 fully saturated rings. The molecule has 31 heavy (non-hydrogen) atoms. The first-order valence-electron chi connectivity index (χ1n) is 10.4. The topological polar surface area (TPSA) is 74.5 Å². The maximum absolute atomic E-state index is 12.6. The lowest BCUT2D eigenvalue weighted by Crippen LogP contribution is -2.52. The van der Waals surface area contributed by atoms with Crippen molar-refractivity contribution in [3.63, 3.8) is 0 Å². The summed E-state index contributed by atoms with van der Waals surface area (Å²) in [7, 11) is 0. The third-order valence-corrected chi connectivity index (χ3v) is 6.11. The predicted molar refractivity (Wildman–Crippen MR) is 124 cm³/mol. The molecule has 1 amide bonds. The lowest BCUT2D eigenvalue weighted by atomic mass is 10.1. The summed E-state index contributed by atoms with van der Waals surface area (Å²) in [4.78, 5) is 21.6. The molecule has 0 aliphatic carbocycles. The number of amides is 1. The molecular weight excluding hydrogens is 458 g/mol. The minimum Gasteiger partial charge on any atom is -0.338 e. The van der Waals surface area contributed by atoms with Crippen molar-refractivity contribution >= 4 is 27.5 Å². The second-order valence-electron chi connectivity index (χ2n) is 7.86. The second-order valence-corrected chi connectivity index (χ2v) is 8.78. The van der Waals surface area contributed by atoms with Crippen molar-refractivity contribution in [1.29, 1.82) is 0 Å². The van der Waals surface area contributed by atoms with Gasteiger partial charge in [-0.15, -0.1) is 0 Å². The Bertz CT molecular complexity index is 1010. The Labute approximate surface area is 190 Å². The van der Waals surface area contributed by atoms with E-state index >= 15 is 0 Å². The summed E-state index contributed by atoms with van der Waals surface area (Å²) in [6.45, 7) is 7.94. The van der Waals surface area contributed by atoms with Crippen molar-refractivity contribution in [3.8, 4) is 11.4 Å². The fourth-order valence-electron chi connectivity index (χ4n) is 3.58. The molecular formula is C23H26BrN5O2. The number of halogens is 1. The summed E-state index contributed by atoms with van der Waals surface area (Å²) < 4.78 is 6.44. The average Bonchev–Trinajstić information content (AvgIpc) is 3.24. The van der Waals surface area contributed by atoms with Crippen molar-refractivity contribution in [2.45, 2.75) is 26.4 Å². The number of aryl methyl sites for hydroxylation is 1. The van der Waals surface area contributed by atoms with Crippen LogP contribution in [-0.2, 0) is 11.3 Å². The van der Waals surface area contributed by atoms with E-state index < -0.39 is 0 Å². The van der Waals surface area contributed by atoms with Gasteiger partial charge in [0.2, 0.25) is 17.6 Å². The summed E-state index contributed by atoms with van der Waals surface area (Å²) in [6.07, 6.45) is 0. The first-order valence-corrected chi connectivity index (χ1v) is 11.2. The molecule has 1 unspecified atom stereocenters. The maximum Gasteiger partial charge on any atom is 0.241 e. The number of piperazine rings is 1. The first kappa shape index (κ1) is 21.7. The maximum atomic E-state index is 12.6. The number of nitrogens with zero attached hydrogens (tertiary/aromatic N) is 4. The van der Waals surface area contributed by atoms with Crippen LogP contribution >= 0.6 is 15.9 Å². The van der Waals surface area contributed by atoms with Gasteiger partial charge in [-0.05, 0) is 38.1 Å². The van der Waals surface area contributed by atoms with Gasteiger partial charge in [-0.1, -0.05) is 50.9 Å². The Morgan fingerprint density at radius 3 is 2.45 bits per heavy atom. The number of aromatic nitrogens is 2. The van der Waals surface area contributed by atoms with E-state index in [1.807, 2.05) is 55.5 Å². The highest BCUT2D eigenvalue weighted by Crippen LogP contribution is 2.18. The van der Waals surface area contributed by atoms with Crippen molar-refractivity contribution in [2.75, 3.05) is 31.5 Å². The molecule has 2 aromatic carbocycles. The van der Waals surface area contributed by atoms with Crippen LogP contribution in [0.25, 0.3) is 11.4 Å². The van der Waals surface area contributed by atoms with Crippen LogP contribution in [0.5, 0.6) is 0 Å². The minimum atomic E-state index is -0.192. The average molecular weight is 484 g/mol. The summed E-state index contributed by atoms with van der Waals surface area (Å²) in [5, 5.41) is 7.10. The first-order chi connectivity index (χ1) is 15.0. The van der Waals surface area contributed by atoms with E-state index in [1.54, 1.807) is 0 Å². The van der Waals surface area contributed by atoms with Crippen molar-refractivity contribution in [2.24, 2.45) is 0 Å². The predicted octanol–water partition coefficient (Wildman–Crippen LogP) is 3.95. The fourth-order valence-corrected chi connectivity index (χ4v) is 3.85. The zero-order valence-electron chi connectivity index (χ0n) is 17.7. The van der Waals surface area contributed by atoms with E-state index in [1.165, 1.54) is 5.56 Å². The number of benzene rings is 2. The van der Waals surface area contributed by atoms with Gasteiger partial charge in [0.1, 0.15) is 0 Å². The van der Waals surface area contributed by atoms with Crippen LogP contribution in [0.4, 0.5) is 5.69 Å². The Morgan fingerprint density at radius 2 is 1.77 bits per heavy atom. The number of rotatable bonds is 6. The number of anilines is 1. The largest absolute Gasteiger partial charge is 0.338 e. The smallest absolute Gasteiger partial charge is 0.241 e. The van der Waals surface area contributed by atoms with E-state index in [-0.39, 0.29) is 11.9 Å². The molecule has 8 heteroatoms. The van der Waals surface area contributed by atoms with Crippen LogP contribution in [-0.4, -0.2) is 58.1 Å². The Kier molecular flexibility index (Phi) is 6.80. The number of carbonyl (C=O) groups excluding carboxylic acids is 1. The van der Waals surface area contributed by atoms with Gasteiger partial charge in [-0.2, -0.15) is 4.98 Å². The molecule has 0 spiro atoms. The highest BCUT2D eigenvalue weighted by atomic mass is 79.9. The summed E-state index contributed by atoms with van der Waals surface area (Å²) in [5.74, 6) is 1.24. The van der Waals surface area contributed by atoms with Crippen LogP contribution < -0.4 is 5.32 Å². The molecule has 7 nitrogen and oxygen atoms in total. The quantitative estimate of drug-likeness (QED) is 0.571. The molecule has 1 aromatic heterocycles. The Balaban J connectivity index is 1.27. The Morgan fingerprint density at radius 1 is 1.10 bits per heavy atom. The molecule has 0 bridgehead atoms. The summed E-state index contributed by atoms with van der Waals surface area (Å²) >= 11 is 3.41. The molecule has 1 atom stereocenters. The van der Waals surface area contributed by atoms with Gasteiger partial charge in [0.15, 0.2) is 0 Å². The van der Waals surface area contributed by atoms with Crippen LogP contribution in [0.1, 0.15) is 18.4 Å². The van der Waals surface area contributed by atoms with E-state index in [0.717, 1.165) is 41.9 Å². The van der Waals surface area contributed by atoms with E-state index in [2.05, 4.69) is 48.1 Å². The molecule has 0 radical (unpaired) electrons. The van der Waals surface area contributed by atoms with Crippen LogP contribution in [0, 0.1) is 6.92 Å². The molecule has 1 N–H and O–H groups in total. The lowest BCUT2D eigenvalue weighted by Gasteiger charge is -2.36. The molecule has 1 saturated heterocycles. The zero-order chi connectivity index (χ0) is 21.8. The van der Waals surface area contributed by atoms with Crippen LogP contribution in [0.3, 0.4) is 0 Å².